The number of carboxylic acid groups (broad SMARTS) is 1. The summed E-state index contributed by atoms with van der Waals surface area (Å²) in [5.74, 6) is -1.07. The fourth-order valence-corrected chi connectivity index (χ4v) is 3.20. The zero-order valence-corrected chi connectivity index (χ0v) is 15.4. The molecule has 0 aliphatic rings. The summed E-state index contributed by atoms with van der Waals surface area (Å²) in [6, 6.07) is 5.95. The molecular formula is C18H22N2O3S. The summed E-state index contributed by atoms with van der Waals surface area (Å²) in [4.78, 5) is 28.5. The van der Waals surface area contributed by atoms with Crippen molar-refractivity contribution in [3.63, 3.8) is 0 Å². The highest BCUT2D eigenvalue weighted by Crippen LogP contribution is 2.34. The Kier molecular flexibility index (Phi) is 5.08. The Labute approximate surface area is 145 Å². The van der Waals surface area contributed by atoms with Gasteiger partial charge >= 0.3 is 5.97 Å². The molecule has 0 unspecified atom stereocenters. The van der Waals surface area contributed by atoms with E-state index in [2.05, 4.69) is 10.3 Å². The van der Waals surface area contributed by atoms with Gasteiger partial charge in [0, 0.05) is 15.9 Å². The molecule has 0 radical (unpaired) electrons. The molecule has 0 fully saturated rings. The molecule has 1 aromatic carbocycles. The molecule has 2 N–H and O–H groups in total. The van der Waals surface area contributed by atoms with E-state index >= 15 is 0 Å². The predicted molar refractivity (Wildman–Crippen MR) is 96.4 cm³/mol. The normalized spacial score (nSPS) is 11.4. The lowest BCUT2D eigenvalue weighted by Crippen LogP contribution is -2.27. The number of carboxylic acids is 1. The Balaban J connectivity index is 2.46. The van der Waals surface area contributed by atoms with Gasteiger partial charge in [0.2, 0.25) is 5.91 Å². The molecule has 0 atom stereocenters. The molecule has 6 heteroatoms. The van der Waals surface area contributed by atoms with Crippen LogP contribution >= 0.6 is 11.3 Å². The number of aliphatic carboxylic acids is 1. The van der Waals surface area contributed by atoms with E-state index in [9.17, 15) is 9.59 Å². The minimum atomic E-state index is -0.918. The molecule has 2 aromatic rings. The molecule has 0 bridgehead atoms. The highest BCUT2D eigenvalue weighted by atomic mass is 32.1. The van der Waals surface area contributed by atoms with Crippen molar-refractivity contribution < 1.29 is 14.7 Å². The van der Waals surface area contributed by atoms with Gasteiger partial charge in [-0.15, -0.1) is 11.3 Å². The molecule has 0 aliphatic heterocycles. The summed E-state index contributed by atoms with van der Waals surface area (Å²) in [5, 5.41) is 12.4. The van der Waals surface area contributed by atoms with Crippen LogP contribution in [0.15, 0.2) is 18.2 Å². The molecule has 24 heavy (non-hydrogen) atoms. The van der Waals surface area contributed by atoms with Crippen LogP contribution in [0.25, 0.3) is 11.3 Å². The van der Waals surface area contributed by atoms with Gasteiger partial charge in [0.15, 0.2) is 5.13 Å². The van der Waals surface area contributed by atoms with Crippen LogP contribution in [0.4, 0.5) is 5.13 Å². The number of carbonyl (C=O) groups excluding carboxylic acids is 1. The number of rotatable bonds is 4. The van der Waals surface area contributed by atoms with E-state index in [0.29, 0.717) is 15.7 Å². The standard InChI is InChI=1S/C18H22N2O3S/c1-10-6-7-12(11(2)8-10)15-13(9-14(21)22)24-17(19-15)20-16(23)18(3,4)5/h6-8H,9H2,1-5H3,(H,21,22)(H,19,20,23). The number of aromatic nitrogens is 1. The van der Waals surface area contributed by atoms with Crippen molar-refractivity contribution in [1.82, 2.24) is 4.98 Å². The lowest BCUT2D eigenvalue weighted by atomic mass is 9.96. The molecule has 1 aromatic heterocycles. The van der Waals surface area contributed by atoms with Gasteiger partial charge in [-0.1, -0.05) is 44.5 Å². The second kappa shape index (κ2) is 6.73. The zero-order chi connectivity index (χ0) is 18.1. The minimum absolute atomic E-state index is 0.119. The van der Waals surface area contributed by atoms with Gasteiger partial charge in [0.05, 0.1) is 12.1 Å². The summed E-state index contributed by atoms with van der Waals surface area (Å²) in [5.41, 5.74) is 3.14. The van der Waals surface area contributed by atoms with Gasteiger partial charge < -0.3 is 10.4 Å². The number of thiazole rings is 1. The van der Waals surface area contributed by atoms with Crippen LogP contribution in [0, 0.1) is 19.3 Å². The molecule has 0 spiro atoms. The SMILES string of the molecule is Cc1ccc(-c2nc(NC(=O)C(C)(C)C)sc2CC(=O)O)c(C)c1. The Morgan fingerprint density at radius 3 is 2.46 bits per heavy atom. The molecule has 0 saturated heterocycles. The van der Waals surface area contributed by atoms with Crippen molar-refractivity contribution in [2.24, 2.45) is 5.41 Å². The number of hydrogen-bond donors (Lipinski definition) is 2. The fraction of sp³-hybridized carbons (Fsp3) is 0.389. The predicted octanol–water partition coefficient (Wildman–Crippen LogP) is 4.04. The maximum atomic E-state index is 12.2. The van der Waals surface area contributed by atoms with Crippen LogP contribution in [-0.2, 0) is 16.0 Å². The second-order valence-electron chi connectivity index (χ2n) is 6.88. The van der Waals surface area contributed by atoms with E-state index in [-0.39, 0.29) is 12.3 Å². The van der Waals surface area contributed by atoms with Crippen molar-refractivity contribution >= 4 is 28.3 Å². The van der Waals surface area contributed by atoms with Gasteiger partial charge in [-0.25, -0.2) is 4.98 Å². The first kappa shape index (κ1) is 18.1. The number of amides is 1. The smallest absolute Gasteiger partial charge is 0.308 e. The summed E-state index contributed by atoms with van der Waals surface area (Å²) in [6.07, 6.45) is -0.119. The first-order valence-corrected chi connectivity index (χ1v) is 8.50. The molecular weight excluding hydrogens is 324 g/mol. The lowest BCUT2D eigenvalue weighted by Gasteiger charge is -2.15. The molecule has 128 valence electrons. The minimum Gasteiger partial charge on any atom is -0.481 e. The number of anilines is 1. The van der Waals surface area contributed by atoms with E-state index in [1.807, 2.05) is 52.8 Å². The van der Waals surface area contributed by atoms with Gasteiger partial charge in [-0.05, 0) is 19.4 Å². The zero-order valence-electron chi connectivity index (χ0n) is 14.6. The average Bonchev–Trinajstić information content (AvgIpc) is 2.79. The van der Waals surface area contributed by atoms with E-state index < -0.39 is 11.4 Å². The highest BCUT2D eigenvalue weighted by Gasteiger charge is 2.24. The number of aryl methyl sites for hydroxylation is 2. The third-order valence-corrected chi connectivity index (χ3v) is 4.52. The number of nitrogens with zero attached hydrogens (tertiary/aromatic N) is 1. The number of nitrogens with one attached hydrogen (secondary N) is 1. The van der Waals surface area contributed by atoms with E-state index in [1.165, 1.54) is 11.3 Å². The van der Waals surface area contributed by atoms with Gasteiger partial charge in [0.1, 0.15) is 0 Å². The van der Waals surface area contributed by atoms with Crippen LogP contribution in [-0.4, -0.2) is 22.0 Å². The molecule has 0 saturated carbocycles. The van der Waals surface area contributed by atoms with Crippen molar-refractivity contribution in [2.75, 3.05) is 5.32 Å². The third-order valence-electron chi connectivity index (χ3n) is 3.55. The maximum absolute atomic E-state index is 12.2. The lowest BCUT2D eigenvalue weighted by molar-refractivity contribution is -0.136. The Hall–Kier alpha value is -2.21. The van der Waals surface area contributed by atoms with E-state index in [1.54, 1.807) is 0 Å². The Morgan fingerprint density at radius 2 is 1.92 bits per heavy atom. The van der Waals surface area contributed by atoms with Gasteiger partial charge in [-0.3, -0.25) is 9.59 Å². The van der Waals surface area contributed by atoms with E-state index in [4.69, 9.17) is 5.11 Å². The van der Waals surface area contributed by atoms with Crippen molar-refractivity contribution in [3.8, 4) is 11.3 Å². The average molecular weight is 346 g/mol. The number of carbonyl (C=O) groups is 2. The summed E-state index contributed by atoms with van der Waals surface area (Å²) >= 11 is 1.22. The quantitative estimate of drug-likeness (QED) is 0.876. The van der Waals surface area contributed by atoms with Crippen LogP contribution in [0.2, 0.25) is 0 Å². The van der Waals surface area contributed by atoms with Crippen molar-refractivity contribution in [1.29, 1.82) is 0 Å². The summed E-state index contributed by atoms with van der Waals surface area (Å²) in [7, 11) is 0. The van der Waals surface area contributed by atoms with Gasteiger partial charge in [-0.2, -0.15) is 0 Å². The molecule has 5 nitrogen and oxygen atoms in total. The van der Waals surface area contributed by atoms with Crippen molar-refractivity contribution in [2.45, 2.75) is 41.0 Å². The van der Waals surface area contributed by atoms with Crippen molar-refractivity contribution in [3.05, 3.63) is 34.2 Å². The number of benzene rings is 1. The number of hydrogen-bond acceptors (Lipinski definition) is 4. The van der Waals surface area contributed by atoms with E-state index in [0.717, 1.165) is 16.7 Å². The first-order chi connectivity index (χ1) is 11.1. The second-order valence-corrected chi connectivity index (χ2v) is 7.97. The topological polar surface area (TPSA) is 79.3 Å². The molecule has 1 heterocycles. The molecule has 0 aliphatic carbocycles. The van der Waals surface area contributed by atoms with Crippen LogP contribution in [0.5, 0.6) is 0 Å². The largest absolute Gasteiger partial charge is 0.481 e. The Morgan fingerprint density at radius 1 is 1.25 bits per heavy atom. The van der Waals surface area contributed by atoms with Crippen LogP contribution in [0.3, 0.4) is 0 Å². The molecule has 1 amide bonds. The highest BCUT2D eigenvalue weighted by molar-refractivity contribution is 7.16. The first-order valence-electron chi connectivity index (χ1n) is 7.68. The summed E-state index contributed by atoms with van der Waals surface area (Å²) in [6.45, 7) is 9.43. The van der Waals surface area contributed by atoms with Gasteiger partial charge in [0.25, 0.3) is 0 Å². The third kappa shape index (κ3) is 4.20. The van der Waals surface area contributed by atoms with Crippen LogP contribution < -0.4 is 5.32 Å². The monoisotopic (exact) mass is 346 g/mol. The Bertz CT molecular complexity index is 788. The summed E-state index contributed by atoms with van der Waals surface area (Å²) < 4.78 is 0. The van der Waals surface area contributed by atoms with Crippen LogP contribution in [0.1, 0.15) is 36.8 Å². The maximum Gasteiger partial charge on any atom is 0.308 e. The fourth-order valence-electron chi connectivity index (χ4n) is 2.24. The molecule has 2 rings (SSSR count).